The highest BCUT2D eigenvalue weighted by Gasteiger charge is 1.91. The Morgan fingerprint density at radius 2 is 1.71 bits per heavy atom. The van der Waals surface area contributed by atoms with Gasteiger partial charge in [-0.25, -0.2) is 0 Å². The fourth-order valence-corrected chi connectivity index (χ4v) is 1.43. The smallest absolute Gasteiger partial charge is 0.142 e. The van der Waals surface area contributed by atoms with Crippen LogP contribution in [0.3, 0.4) is 0 Å². The molecule has 0 aliphatic carbocycles. The van der Waals surface area contributed by atoms with E-state index >= 15 is 0 Å². The Labute approximate surface area is 102 Å². The molecule has 2 rings (SSSR count). The van der Waals surface area contributed by atoms with E-state index in [4.69, 9.17) is 4.84 Å². The van der Waals surface area contributed by atoms with E-state index in [0.717, 1.165) is 11.1 Å². The lowest BCUT2D eigenvalue weighted by molar-refractivity contribution is 0.132. The van der Waals surface area contributed by atoms with E-state index in [1.807, 2.05) is 42.5 Å². The average molecular weight is 225 g/mol. The zero-order valence-corrected chi connectivity index (χ0v) is 9.84. The van der Waals surface area contributed by atoms with Crippen molar-refractivity contribution in [1.82, 2.24) is 0 Å². The molecule has 86 valence electrons. The Kier molecular flexibility index (Phi) is 3.92. The van der Waals surface area contributed by atoms with Gasteiger partial charge < -0.3 is 4.84 Å². The van der Waals surface area contributed by atoms with Gasteiger partial charge >= 0.3 is 0 Å². The second-order valence-electron chi connectivity index (χ2n) is 3.90. The number of aryl methyl sites for hydroxylation is 1. The van der Waals surface area contributed by atoms with Crippen molar-refractivity contribution in [2.75, 3.05) is 0 Å². The summed E-state index contributed by atoms with van der Waals surface area (Å²) in [6, 6.07) is 18.1. The third kappa shape index (κ3) is 3.76. The number of rotatable bonds is 4. The topological polar surface area (TPSA) is 21.6 Å². The number of benzene rings is 2. The minimum absolute atomic E-state index is 0.504. The molecule has 0 saturated heterocycles. The second kappa shape index (κ2) is 5.85. The summed E-state index contributed by atoms with van der Waals surface area (Å²) in [4.78, 5) is 5.23. The number of oxime groups is 1. The molecule has 0 spiro atoms. The van der Waals surface area contributed by atoms with E-state index in [-0.39, 0.29) is 0 Å². The van der Waals surface area contributed by atoms with E-state index < -0.39 is 0 Å². The molecule has 0 N–H and O–H groups in total. The first-order valence-electron chi connectivity index (χ1n) is 5.60. The predicted octanol–water partition coefficient (Wildman–Crippen LogP) is 3.55. The van der Waals surface area contributed by atoms with E-state index in [2.05, 4.69) is 24.2 Å². The fraction of sp³-hybridized carbons (Fsp3) is 0.133. The van der Waals surface area contributed by atoms with Crippen LogP contribution in [0.1, 0.15) is 16.7 Å². The Bertz CT molecular complexity index is 474. The van der Waals surface area contributed by atoms with Gasteiger partial charge in [0.25, 0.3) is 0 Å². The van der Waals surface area contributed by atoms with E-state index in [0.29, 0.717) is 6.61 Å². The maximum absolute atomic E-state index is 5.23. The highest BCUT2D eigenvalue weighted by molar-refractivity contribution is 5.78. The van der Waals surface area contributed by atoms with Gasteiger partial charge in [0.15, 0.2) is 0 Å². The minimum Gasteiger partial charge on any atom is -0.391 e. The molecular formula is C15H15NO. The maximum atomic E-state index is 5.23. The zero-order valence-electron chi connectivity index (χ0n) is 9.84. The first-order valence-corrected chi connectivity index (χ1v) is 5.60. The van der Waals surface area contributed by atoms with Gasteiger partial charge in [-0.1, -0.05) is 65.3 Å². The van der Waals surface area contributed by atoms with Crippen molar-refractivity contribution in [1.29, 1.82) is 0 Å². The standard InChI is InChI=1S/C15H15NO/c1-13-7-9-15(10-8-13)12-17-16-11-14-5-3-2-4-6-14/h2-11H,12H2,1H3. The molecule has 0 bridgehead atoms. The molecule has 17 heavy (non-hydrogen) atoms. The molecular weight excluding hydrogens is 210 g/mol. The molecule has 0 aliphatic rings. The summed E-state index contributed by atoms with van der Waals surface area (Å²) in [6.07, 6.45) is 1.72. The minimum atomic E-state index is 0.504. The first-order chi connectivity index (χ1) is 8.34. The van der Waals surface area contributed by atoms with Crippen LogP contribution in [0.15, 0.2) is 59.8 Å². The molecule has 2 aromatic carbocycles. The normalized spacial score (nSPS) is 10.6. The third-order valence-electron chi connectivity index (χ3n) is 2.43. The third-order valence-corrected chi connectivity index (χ3v) is 2.43. The Morgan fingerprint density at radius 1 is 1.00 bits per heavy atom. The van der Waals surface area contributed by atoms with Crippen LogP contribution in [0.5, 0.6) is 0 Å². The fourth-order valence-electron chi connectivity index (χ4n) is 1.43. The van der Waals surface area contributed by atoms with Gasteiger partial charge in [-0.2, -0.15) is 0 Å². The lowest BCUT2D eigenvalue weighted by Gasteiger charge is -2.00. The van der Waals surface area contributed by atoms with E-state index in [1.165, 1.54) is 5.56 Å². The van der Waals surface area contributed by atoms with Crippen LogP contribution in [-0.4, -0.2) is 6.21 Å². The quantitative estimate of drug-likeness (QED) is 0.576. The van der Waals surface area contributed by atoms with Crippen LogP contribution < -0.4 is 0 Å². The molecule has 0 amide bonds. The predicted molar refractivity (Wildman–Crippen MR) is 70.0 cm³/mol. The van der Waals surface area contributed by atoms with Crippen LogP contribution in [0, 0.1) is 6.92 Å². The Balaban J connectivity index is 1.84. The molecule has 2 nitrogen and oxygen atoms in total. The van der Waals surface area contributed by atoms with Gasteiger partial charge in [-0.15, -0.1) is 0 Å². The van der Waals surface area contributed by atoms with Gasteiger partial charge in [0.1, 0.15) is 6.61 Å². The summed E-state index contributed by atoms with van der Waals surface area (Å²) >= 11 is 0. The van der Waals surface area contributed by atoms with Crippen molar-refractivity contribution >= 4 is 6.21 Å². The van der Waals surface area contributed by atoms with Crippen LogP contribution in [0.4, 0.5) is 0 Å². The molecule has 0 fully saturated rings. The van der Waals surface area contributed by atoms with Crippen molar-refractivity contribution in [3.05, 3.63) is 71.3 Å². The largest absolute Gasteiger partial charge is 0.391 e. The molecule has 0 aliphatic heterocycles. The number of hydrogen-bond donors (Lipinski definition) is 0. The molecule has 0 aromatic heterocycles. The Morgan fingerprint density at radius 3 is 2.41 bits per heavy atom. The molecule has 0 heterocycles. The van der Waals surface area contributed by atoms with E-state index in [9.17, 15) is 0 Å². The summed E-state index contributed by atoms with van der Waals surface area (Å²) in [5, 5.41) is 3.93. The summed E-state index contributed by atoms with van der Waals surface area (Å²) in [6.45, 7) is 2.57. The van der Waals surface area contributed by atoms with Gasteiger partial charge in [-0.3, -0.25) is 0 Å². The van der Waals surface area contributed by atoms with Crippen molar-refractivity contribution in [3.8, 4) is 0 Å². The maximum Gasteiger partial charge on any atom is 0.142 e. The monoisotopic (exact) mass is 225 g/mol. The van der Waals surface area contributed by atoms with Crippen molar-refractivity contribution < 1.29 is 4.84 Å². The van der Waals surface area contributed by atoms with E-state index in [1.54, 1.807) is 6.21 Å². The zero-order chi connectivity index (χ0) is 11.9. The van der Waals surface area contributed by atoms with Gasteiger partial charge in [0, 0.05) is 0 Å². The first kappa shape index (κ1) is 11.4. The molecule has 2 heteroatoms. The van der Waals surface area contributed by atoms with Crippen molar-refractivity contribution in [2.24, 2.45) is 5.16 Å². The highest BCUT2D eigenvalue weighted by atomic mass is 16.6. The van der Waals surface area contributed by atoms with Gasteiger partial charge in [-0.05, 0) is 18.1 Å². The van der Waals surface area contributed by atoms with Crippen LogP contribution in [-0.2, 0) is 11.4 Å². The molecule has 0 atom stereocenters. The highest BCUT2D eigenvalue weighted by Crippen LogP contribution is 2.04. The summed E-state index contributed by atoms with van der Waals surface area (Å²) in [5.41, 5.74) is 3.42. The van der Waals surface area contributed by atoms with Gasteiger partial charge in [0.2, 0.25) is 0 Å². The number of nitrogens with zero attached hydrogens (tertiary/aromatic N) is 1. The molecule has 0 unspecified atom stereocenters. The van der Waals surface area contributed by atoms with Crippen molar-refractivity contribution in [3.63, 3.8) is 0 Å². The molecule has 0 radical (unpaired) electrons. The lowest BCUT2D eigenvalue weighted by atomic mass is 10.2. The lowest BCUT2D eigenvalue weighted by Crippen LogP contribution is -1.88. The number of hydrogen-bond acceptors (Lipinski definition) is 2. The summed E-state index contributed by atoms with van der Waals surface area (Å²) in [5.74, 6) is 0. The van der Waals surface area contributed by atoms with Crippen molar-refractivity contribution in [2.45, 2.75) is 13.5 Å². The molecule has 2 aromatic rings. The van der Waals surface area contributed by atoms with Crippen LogP contribution in [0.2, 0.25) is 0 Å². The second-order valence-corrected chi connectivity index (χ2v) is 3.90. The summed E-state index contributed by atoms with van der Waals surface area (Å²) in [7, 11) is 0. The molecule has 0 saturated carbocycles. The SMILES string of the molecule is Cc1ccc(CON=Cc2ccccc2)cc1. The Hall–Kier alpha value is -2.09. The van der Waals surface area contributed by atoms with Crippen LogP contribution in [0.25, 0.3) is 0 Å². The average Bonchev–Trinajstić information content (AvgIpc) is 2.38. The summed E-state index contributed by atoms with van der Waals surface area (Å²) < 4.78 is 0. The van der Waals surface area contributed by atoms with Crippen LogP contribution >= 0.6 is 0 Å². The van der Waals surface area contributed by atoms with Gasteiger partial charge in [0.05, 0.1) is 6.21 Å².